The van der Waals surface area contributed by atoms with E-state index in [1.54, 1.807) is 6.33 Å². The quantitative estimate of drug-likeness (QED) is 0.894. The molecule has 0 amide bonds. The Bertz CT molecular complexity index is 382. The molecular formula is C14H23N3O2. The molecule has 1 saturated heterocycles. The normalized spacial score (nSPS) is 32.8. The van der Waals surface area contributed by atoms with Gasteiger partial charge in [-0.15, -0.1) is 0 Å². The third-order valence-corrected chi connectivity index (χ3v) is 4.51. The van der Waals surface area contributed by atoms with Crippen LogP contribution in [-0.4, -0.2) is 53.9 Å². The number of aromatic amines is 1. The molecule has 0 bridgehead atoms. The van der Waals surface area contributed by atoms with Crippen LogP contribution in [0.1, 0.15) is 25.0 Å². The highest BCUT2D eigenvalue weighted by atomic mass is 16.5. The summed E-state index contributed by atoms with van der Waals surface area (Å²) in [5, 5.41) is 0. The largest absolute Gasteiger partial charge is 0.381 e. The second kappa shape index (κ2) is 6.03. The van der Waals surface area contributed by atoms with Crippen molar-refractivity contribution in [3.63, 3.8) is 0 Å². The maximum atomic E-state index is 5.71. The molecule has 2 heterocycles. The van der Waals surface area contributed by atoms with Crippen molar-refractivity contribution >= 4 is 0 Å². The zero-order chi connectivity index (χ0) is 13.1. The molecule has 1 aliphatic carbocycles. The van der Waals surface area contributed by atoms with E-state index >= 15 is 0 Å². The lowest BCUT2D eigenvalue weighted by molar-refractivity contribution is -0.0611. The predicted molar refractivity (Wildman–Crippen MR) is 71.7 cm³/mol. The summed E-state index contributed by atoms with van der Waals surface area (Å²) in [6.07, 6.45) is 7.78. The van der Waals surface area contributed by atoms with E-state index in [1.807, 2.05) is 13.3 Å². The Morgan fingerprint density at radius 1 is 1.53 bits per heavy atom. The maximum absolute atomic E-state index is 5.71. The monoisotopic (exact) mass is 265 g/mol. The number of H-pyrrole nitrogens is 1. The van der Waals surface area contributed by atoms with E-state index in [-0.39, 0.29) is 0 Å². The molecule has 106 valence electrons. The van der Waals surface area contributed by atoms with Crippen LogP contribution in [0.2, 0.25) is 0 Å². The first-order valence-corrected chi connectivity index (χ1v) is 7.20. The lowest BCUT2D eigenvalue weighted by Crippen LogP contribution is -2.50. The first-order chi connectivity index (χ1) is 9.38. The minimum atomic E-state index is 0.399. The Morgan fingerprint density at radius 2 is 2.47 bits per heavy atom. The van der Waals surface area contributed by atoms with Crippen LogP contribution in [0.3, 0.4) is 0 Å². The number of methoxy groups -OCH3 is 1. The number of morpholine rings is 1. The number of imidazole rings is 1. The van der Waals surface area contributed by atoms with Crippen LogP contribution in [0, 0.1) is 5.92 Å². The SMILES string of the molecule is COC1CCCC1C1COCCN1Cc1cnc[nH]1. The van der Waals surface area contributed by atoms with Crippen molar-refractivity contribution in [2.75, 3.05) is 26.9 Å². The highest BCUT2D eigenvalue weighted by Gasteiger charge is 2.38. The summed E-state index contributed by atoms with van der Waals surface area (Å²) in [5.74, 6) is 0.605. The van der Waals surface area contributed by atoms with Crippen LogP contribution >= 0.6 is 0 Å². The second-order valence-corrected chi connectivity index (χ2v) is 5.56. The number of hydrogen-bond donors (Lipinski definition) is 1. The molecular weight excluding hydrogens is 242 g/mol. The predicted octanol–water partition coefficient (Wildman–Crippen LogP) is 1.43. The Balaban J connectivity index is 1.69. The summed E-state index contributed by atoms with van der Waals surface area (Å²) in [7, 11) is 1.84. The van der Waals surface area contributed by atoms with Crippen LogP contribution in [0.5, 0.6) is 0 Å². The van der Waals surface area contributed by atoms with Gasteiger partial charge in [0.05, 0.1) is 25.6 Å². The van der Waals surface area contributed by atoms with E-state index < -0.39 is 0 Å². The molecule has 1 aliphatic heterocycles. The molecule has 1 aromatic rings. The highest BCUT2D eigenvalue weighted by molar-refractivity contribution is 4.97. The number of nitrogens with one attached hydrogen (secondary N) is 1. The van der Waals surface area contributed by atoms with Gasteiger partial charge in [-0.1, -0.05) is 6.42 Å². The number of ether oxygens (including phenoxy) is 2. The number of hydrogen-bond acceptors (Lipinski definition) is 4. The standard InChI is InChI=1S/C14H23N3O2/c1-18-14-4-2-3-12(14)13-9-19-6-5-17(13)8-11-7-15-10-16-11/h7,10,12-14H,2-6,8-9H2,1H3,(H,15,16). The van der Waals surface area contributed by atoms with E-state index in [1.165, 1.54) is 25.0 Å². The first-order valence-electron chi connectivity index (χ1n) is 7.20. The average Bonchev–Trinajstić information content (AvgIpc) is 3.09. The van der Waals surface area contributed by atoms with E-state index in [0.717, 1.165) is 26.3 Å². The Kier molecular flexibility index (Phi) is 4.15. The third-order valence-electron chi connectivity index (χ3n) is 4.51. The van der Waals surface area contributed by atoms with Gasteiger partial charge in [0.1, 0.15) is 0 Å². The average molecular weight is 265 g/mol. The van der Waals surface area contributed by atoms with Crippen molar-refractivity contribution in [1.29, 1.82) is 0 Å². The molecule has 2 fully saturated rings. The van der Waals surface area contributed by atoms with Gasteiger partial charge in [-0.3, -0.25) is 4.90 Å². The van der Waals surface area contributed by atoms with Crippen molar-refractivity contribution in [3.05, 3.63) is 18.2 Å². The molecule has 3 rings (SSSR count). The van der Waals surface area contributed by atoms with Crippen LogP contribution < -0.4 is 0 Å². The van der Waals surface area contributed by atoms with Gasteiger partial charge in [-0.05, 0) is 12.8 Å². The molecule has 3 atom stereocenters. The van der Waals surface area contributed by atoms with Crippen molar-refractivity contribution in [2.45, 2.75) is 38.0 Å². The Morgan fingerprint density at radius 3 is 3.26 bits per heavy atom. The molecule has 1 N–H and O–H groups in total. The summed E-state index contributed by atoms with van der Waals surface area (Å²) >= 11 is 0. The van der Waals surface area contributed by atoms with Gasteiger partial charge in [0.25, 0.3) is 0 Å². The van der Waals surface area contributed by atoms with Crippen LogP contribution in [-0.2, 0) is 16.0 Å². The molecule has 5 heteroatoms. The topological polar surface area (TPSA) is 50.4 Å². The molecule has 5 nitrogen and oxygen atoms in total. The molecule has 1 saturated carbocycles. The van der Waals surface area contributed by atoms with Gasteiger partial charge in [0.2, 0.25) is 0 Å². The molecule has 2 aliphatic rings. The van der Waals surface area contributed by atoms with Gasteiger partial charge in [-0.2, -0.15) is 0 Å². The van der Waals surface area contributed by atoms with Gasteiger partial charge >= 0.3 is 0 Å². The van der Waals surface area contributed by atoms with Gasteiger partial charge in [0, 0.05) is 44.0 Å². The fourth-order valence-electron chi connectivity index (χ4n) is 3.53. The third kappa shape index (κ3) is 2.83. The molecule has 0 spiro atoms. The highest BCUT2D eigenvalue weighted by Crippen LogP contribution is 2.34. The summed E-state index contributed by atoms with van der Waals surface area (Å²) in [4.78, 5) is 9.83. The summed E-state index contributed by atoms with van der Waals surface area (Å²) < 4.78 is 11.4. The smallest absolute Gasteiger partial charge is 0.0922 e. The lowest BCUT2D eigenvalue weighted by atomic mass is 9.94. The first kappa shape index (κ1) is 13.1. The molecule has 1 aromatic heterocycles. The maximum Gasteiger partial charge on any atom is 0.0922 e. The fraction of sp³-hybridized carbons (Fsp3) is 0.786. The van der Waals surface area contributed by atoms with E-state index in [4.69, 9.17) is 9.47 Å². The van der Waals surface area contributed by atoms with Gasteiger partial charge < -0.3 is 14.5 Å². The van der Waals surface area contributed by atoms with E-state index in [9.17, 15) is 0 Å². The Hall–Kier alpha value is -0.910. The van der Waals surface area contributed by atoms with Crippen molar-refractivity contribution < 1.29 is 9.47 Å². The van der Waals surface area contributed by atoms with Crippen LogP contribution in [0.4, 0.5) is 0 Å². The minimum Gasteiger partial charge on any atom is -0.381 e. The van der Waals surface area contributed by atoms with Crippen LogP contribution in [0.25, 0.3) is 0 Å². The minimum absolute atomic E-state index is 0.399. The number of rotatable bonds is 4. The van der Waals surface area contributed by atoms with Crippen molar-refractivity contribution in [3.8, 4) is 0 Å². The number of aromatic nitrogens is 2. The van der Waals surface area contributed by atoms with Crippen molar-refractivity contribution in [2.24, 2.45) is 5.92 Å². The Labute approximate surface area is 114 Å². The molecule has 0 radical (unpaired) electrons. The molecule has 3 unspecified atom stereocenters. The number of nitrogens with zero attached hydrogens (tertiary/aromatic N) is 2. The van der Waals surface area contributed by atoms with Crippen molar-refractivity contribution in [1.82, 2.24) is 14.9 Å². The molecule has 19 heavy (non-hydrogen) atoms. The van der Waals surface area contributed by atoms with Gasteiger partial charge in [0.15, 0.2) is 0 Å². The van der Waals surface area contributed by atoms with E-state index in [0.29, 0.717) is 18.1 Å². The summed E-state index contributed by atoms with van der Waals surface area (Å²) in [5.41, 5.74) is 1.18. The molecule has 0 aromatic carbocycles. The fourth-order valence-corrected chi connectivity index (χ4v) is 3.53. The zero-order valence-corrected chi connectivity index (χ0v) is 11.5. The van der Waals surface area contributed by atoms with Gasteiger partial charge in [-0.25, -0.2) is 4.98 Å². The zero-order valence-electron chi connectivity index (χ0n) is 11.5. The summed E-state index contributed by atoms with van der Waals surface area (Å²) in [6.45, 7) is 3.59. The van der Waals surface area contributed by atoms with Crippen LogP contribution in [0.15, 0.2) is 12.5 Å². The second-order valence-electron chi connectivity index (χ2n) is 5.56. The lowest BCUT2D eigenvalue weighted by Gasteiger charge is -2.40. The summed E-state index contributed by atoms with van der Waals surface area (Å²) in [6, 6.07) is 0.476. The van der Waals surface area contributed by atoms with E-state index in [2.05, 4.69) is 14.9 Å².